The molecule has 1 heterocycles. The highest BCUT2D eigenvalue weighted by Crippen LogP contribution is 2.46. The molecular weight excluding hydrogens is 398 g/mol. The van der Waals surface area contributed by atoms with E-state index in [9.17, 15) is 9.59 Å². The van der Waals surface area contributed by atoms with Gasteiger partial charge in [0.25, 0.3) is 0 Å². The van der Waals surface area contributed by atoms with Gasteiger partial charge in [-0.3, -0.25) is 9.59 Å². The summed E-state index contributed by atoms with van der Waals surface area (Å²) >= 11 is 0. The highest BCUT2D eigenvalue weighted by Gasteiger charge is 2.38. The summed E-state index contributed by atoms with van der Waals surface area (Å²) in [6.07, 6.45) is 1.73. The number of carbonyl (C=O) groups is 2. The van der Waals surface area contributed by atoms with Crippen LogP contribution in [0.15, 0.2) is 90.6 Å². The number of hydrogen-bond donors (Lipinski definition) is 0. The maximum atomic E-state index is 12.6. The number of anilines is 1. The first-order chi connectivity index (χ1) is 15.4. The van der Waals surface area contributed by atoms with Crippen LogP contribution in [-0.2, 0) is 26.2 Å². The standard InChI is InChI=1S/C28H27NO3/c1-28(2)24-11-7-8-12-25(24)29(3)26(28)18-23(30)19-32-27(31)17-20-13-15-22(16-14-20)21-9-5-4-6-10-21/h4-16,18H,17,19H2,1-3H3. The molecule has 1 aliphatic heterocycles. The lowest BCUT2D eigenvalue weighted by molar-refractivity contribution is -0.146. The van der Waals surface area contributed by atoms with E-state index in [2.05, 4.69) is 19.9 Å². The molecule has 0 radical (unpaired) electrons. The zero-order valence-electron chi connectivity index (χ0n) is 18.7. The summed E-state index contributed by atoms with van der Waals surface area (Å²) in [6.45, 7) is 3.93. The zero-order chi connectivity index (χ0) is 22.7. The van der Waals surface area contributed by atoms with Crippen molar-refractivity contribution in [2.75, 3.05) is 18.6 Å². The summed E-state index contributed by atoms with van der Waals surface area (Å²) in [4.78, 5) is 26.9. The molecule has 0 N–H and O–H groups in total. The van der Waals surface area contributed by atoms with Crippen LogP contribution in [0, 0.1) is 0 Å². The van der Waals surface area contributed by atoms with Gasteiger partial charge in [0.15, 0.2) is 12.4 Å². The lowest BCUT2D eigenvalue weighted by Crippen LogP contribution is -2.25. The summed E-state index contributed by atoms with van der Waals surface area (Å²) in [5.41, 5.74) is 5.95. The van der Waals surface area contributed by atoms with Crippen LogP contribution in [0.4, 0.5) is 5.69 Å². The van der Waals surface area contributed by atoms with E-state index in [1.54, 1.807) is 6.08 Å². The Bertz CT molecular complexity index is 1160. The topological polar surface area (TPSA) is 46.6 Å². The van der Waals surface area contributed by atoms with Gasteiger partial charge in [-0.1, -0.05) is 86.6 Å². The molecule has 162 valence electrons. The van der Waals surface area contributed by atoms with Gasteiger partial charge in [-0.2, -0.15) is 0 Å². The first-order valence-corrected chi connectivity index (χ1v) is 10.7. The monoisotopic (exact) mass is 425 g/mol. The molecule has 4 heteroatoms. The van der Waals surface area contributed by atoms with Crippen LogP contribution in [0.1, 0.15) is 25.0 Å². The van der Waals surface area contributed by atoms with Crippen molar-refractivity contribution >= 4 is 17.4 Å². The molecule has 0 unspecified atom stereocenters. The minimum Gasteiger partial charge on any atom is -0.457 e. The number of ether oxygens (including phenoxy) is 1. The molecule has 1 aliphatic rings. The van der Waals surface area contributed by atoms with Crippen LogP contribution in [0.3, 0.4) is 0 Å². The zero-order valence-corrected chi connectivity index (χ0v) is 18.7. The number of allylic oxidation sites excluding steroid dienone is 1. The van der Waals surface area contributed by atoms with Crippen molar-refractivity contribution in [3.8, 4) is 11.1 Å². The second-order valence-electron chi connectivity index (χ2n) is 8.60. The number of esters is 1. The second-order valence-corrected chi connectivity index (χ2v) is 8.60. The molecule has 0 atom stereocenters. The maximum absolute atomic E-state index is 12.6. The van der Waals surface area contributed by atoms with Gasteiger partial charge in [0.1, 0.15) is 0 Å². The Hall–Kier alpha value is -3.66. The van der Waals surface area contributed by atoms with Gasteiger partial charge in [-0.05, 0) is 28.3 Å². The Morgan fingerprint density at radius 1 is 0.875 bits per heavy atom. The lowest BCUT2D eigenvalue weighted by Gasteiger charge is -2.23. The third kappa shape index (κ3) is 4.35. The predicted molar refractivity (Wildman–Crippen MR) is 128 cm³/mol. The van der Waals surface area contributed by atoms with E-state index < -0.39 is 5.97 Å². The second kappa shape index (κ2) is 8.83. The van der Waals surface area contributed by atoms with E-state index in [0.717, 1.165) is 28.1 Å². The highest BCUT2D eigenvalue weighted by atomic mass is 16.5. The molecule has 0 spiro atoms. The van der Waals surface area contributed by atoms with Gasteiger partial charge in [0.2, 0.25) is 0 Å². The molecule has 0 saturated heterocycles. The fourth-order valence-corrected chi connectivity index (χ4v) is 4.27. The quantitative estimate of drug-likeness (QED) is 0.396. The van der Waals surface area contributed by atoms with Crippen LogP contribution in [0.25, 0.3) is 11.1 Å². The molecule has 4 nitrogen and oxygen atoms in total. The summed E-state index contributed by atoms with van der Waals surface area (Å²) in [7, 11) is 1.96. The van der Waals surface area contributed by atoms with Gasteiger partial charge < -0.3 is 9.64 Å². The average Bonchev–Trinajstić information content (AvgIpc) is 3.00. The number of nitrogens with zero attached hydrogens (tertiary/aromatic N) is 1. The van der Waals surface area contributed by atoms with Crippen LogP contribution in [0.5, 0.6) is 0 Å². The summed E-state index contributed by atoms with van der Waals surface area (Å²) in [5, 5.41) is 0. The molecule has 0 aliphatic carbocycles. The Morgan fingerprint density at radius 3 is 2.19 bits per heavy atom. The number of fused-ring (bicyclic) bond motifs is 1. The first-order valence-electron chi connectivity index (χ1n) is 10.7. The molecule has 0 amide bonds. The highest BCUT2D eigenvalue weighted by molar-refractivity contribution is 5.94. The molecule has 0 saturated carbocycles. The normalized spacial score (nSPS) is 15.5. The van der Waals surface area contributed by atoms with E-state index in [4.69, 9.17) is 4.74 Å². The van der Waals surface area contributed by atoms with Gasteiger partial charge in [0.05, 0.1) is 6.42 Å². The summed E-state index contributed by atoms with van der Waals surface area (Å²) < 4.78 is 5.26. The Balaban J connectivity index is 1.35. The Kier molecular flexibility index (Phi) is 5.95. The smallest absolute Gasteiger partial charge is 0.310 e. The number of ketones is 1. The number of para-hydroxylation sites is 1. The van der Waals surface area contributed by atoms with Gasteiger partial charge in [-0.15, -0.1) is 0 Å². The fraction of sp³-hybridized carbons (Fsp3) is 0.214. The SMILES string of the molecule is CN1C(=CC(=O)COC(=O)Cc2ccc(-c3ccccc3)cc2)C(C)(C)c2ccccc21. The third-order valence-corrected chi connectivity index (χ3v) is 6.02. The average molecular weight is 426 g/mol. The first kappa shape index (κ1) is 21.6. The van der Waals surface area contributed by atoms with E-state index in [1.807, 2.05) is 84.7 Å². The van der Waals surface area contributed by atoms with Crippen LogP contribution < -0.4 is 4.90 Å². The van der Waals surface area contributed by atoms with Crippen molar-refractivity contribution in [3.05, 3.63) is 102 Å². The van der Waals surface area contributed by atoms with E-state index >= 15 is 0 Å². The number of hydrogen-bond acceptors (Lipinski definition) is 4. The molecule has 0 aromatic heterocycles. The van der Waals surface area contributed by atoms with Gasteiger partial charge in [0, 0.05) is 29.9 Å². The molecule has 3 aromatic carbocycles. The Labute approximate surface area is 189 Å². The molecule has 3 aromatic rings. The van der Waals surface area contributed by atoms with Crippen LogP contribution >= 0.6 is 0 Å². The fourth-order valence-electron chi connectivity index (χ4n) is 4.27. The van der Waals surface area contributed by atoms with Crippen molar-refractivity contribution in [1.29, 1.82) is 0 Å². The molecule has 4 rings (SSSR count). The molecule has 32 heavy (non-hydrogen) atoms. The summed E-state index contributed by atoms with van der Waals surface area (Å²) in [6, 6.07) is 26.0. The van der Waals surface area contributed by atoms with Gasteiger partial charge >= 0.3 is 5.97 Å². The summed E-state index contributed by atoms with van der Waals surface area (Å²) in [5.74, 6) is -0.632. The van der Waals surface area contributed by atoms with Crippen molar-refractivity contribution in [2.24, 2.45) is 0 Å². The van der Waals surface area contributed by atoms with E-state index in [1.165, 1.54) is 5.56 Å². The minimum atomic E-state index is -0.411. The molecule has 0 bridgehead atoms. The lowest BCUT2D eigenvalue weighted by atomic mass is 9.83. The van der Waals surface area contributed by atoms with Crippen molar-refractivity contribution in [2.45, 2.75) is 25.7 Å². The van der Waals surface area contributed by atoms with E-state index in [-0.39, 0.29) is 24.2 Å². The molecule has 0 fully saturated rings. The maximum Gasteiger partial charge on any atom is 0.310 e. The predicted octanol–water partition coefficient (Wildman–Crippen LogP) is 5.32. The largest absolute Gasteiger partial charge is 0.457 e. The van der Waals surface area contributed by atoms with Crippen LogP contribution in [-0.4, -0.2) is 25.4 Å². The Morgan fingerprint density at radius 2 is 1.50 bits per heavy atom. The van der Waals surface area contributed by atoms with Gasteiger partial charge in [-0.25, -0.2) is 0 Å². The number of likely N-dealkylation sites (N-methyl/N-ethyl adjacent to an activating group) is 1. The number of benzene rings is 3. The molecular formula is C28H27NO3. The number of carbonyl (C=O) groups excluding carboxylic acids is 2. The van der Waals surface area contributed by atoms with Crippen LogP contribution in [0.2, 0.25) is 0 Å². The minimum absolute atomic E-state index is 0.135. The third-order valence-electron chi connectivity index (χ3n) is 6.02. The van der Waals surface area contributed by atoms with Crippen molar-refractivity contribution in [1.82, 2.24) is 0 Å². The van der Waals surface area contributed by atoms with Crippen molar-refractivity contribution in [3.63, 3.8) is 0 Å². The van der Waals surface area contributed by atoms with Crippen molar-refractivity contribution < 1.29 is 14.3 Å². The van der Waals surface area contributed by atoms with E-state index in [0.29, 0.717) is 0 Å². The number of rotatable bonds is 6.